The smallest absolute Gasteiger partial charge is 0.339 e. The van der Waals surface area contributed by atoms with Gasteiger partial charge >= 0.3 is 5.97 Å². The normalized spacial score (nSPS) is 14.2. The second kappa shape index (κ2) is 5.03. The Labute approximate surface area is 106 Å². The third-order valence-corrected chi connectivity index (χ3v) is 2.72. The molecule has 88 valence electrons. The molecule has 0 saturated carbocycles. The standard InChI is InChI=1S/C10H10BrClO4/c1-10(15,9(13)14)5-16-8-3-2-6(12)4-7(8)11/h2-4,15H,5H2,1H3,(H,13,14). The van der Waals surface area contributed by atoms with Crippen LogP contribution in [0.5, 0.6) is 5.75 Å². The summed E-state index contributed by atoms with van der Waals surface area (Å²) in [5.41, 5.74) is -1.92. The average molecular weight is 310 g/mol. The zero-order chi connectivity index (χ0) is 12.3. The Bertz CT molecular complexity index is 406. The second-order valence-corrected chi connectivity index (χ2v) is 4.73. The van der Waals surface area contributed by atoms with Crippen LogP contribution >= 0.6 is 27.5 Å². The van der Waals surface area contributed by atoms with E-state index in [0.29, 0.717) is 15.2 Å². The van der Waals surface area contributed by atoms with Gasteiger partial charge in [0.2, 0.25) is 0 Å². The van der Waals surface area contributed by atoms with Crippen LogP contribution in [0, 0.1) is 0 Å². The molecule has 1 unspecified atom stereocenters. The summed E-state index contributed by atoms with van der Waals surface area (Å²) in [6.45, 7) is 0.821. The second-order valence-electron chi connectivity index (χ2n) is 3.44. The Morgan fingerprint density at radius 2 is 2.25 bits per heavy atom. The highest BCUT2D eigenvalue weighted by atomic mass is 79.9. The maximum Gasteiger partial charge on any atom is 0.339 e. The van der Waals surface area contributed by atoms with Crippen LogP contribution < -0.4 is 4.74 Å². The fraction of sp³-hybridized carbons (Fsp3) is 0.300. The van der Waals surface area contributed by atoms with Crippen LogP contribution in [0.15, 0.2) is 22.7 Å². The quantitative estimate of drug-likeness (QED) is 0.896. The van der Waals surface area contributed by atoms with Gasteiger partial charge < -0.3 is 14.9 Å². The van der Waals surface area contributed by atoms with E-state index in [1.165, 1.54) is 6.92 Å². The van der Waals surface area contributed by atoms with E-state index in [1.807, 2.05) is 0 Å². The molecule has 0 aliphatic heterocycles. The third kappa shape index (κ3) is 3.37. The minimum Gasteiger partial charge on any atom is -0.489 e. The first-order chi connectivity index (χ1) is 7.33. The largest absolute Gasteiger partial charge is 0.489 e. The van der Waals surface area contributed by atoms with Crippen molar-refractivity contribution in [3.8, 4) is 5.75 Å². The van der Waals surface area contributed by atoms with Crippen molar-refractivity contribution in [3.05, 3.63) is 27.7 Å². The van der Waals surface area contributed by atoms with Gasteiger partial charge in [-0.2, -0.15) is 0 Å². The Hall–Kier alpha value is -0.780. The van der Waals surface area contributed by atoms with Gasteiger partial charge in [0.25, 0.3) is 0 Å². The molecule has 1 rings (SSSR count). The molecular weight excluding hydrogens is 299 g/mol. The summed E-state index contributed by atoms with van der Waals surface area (Å²) in [6.07, 6.45) is 0. The van der Waals surface area contributed by atoms with E-state index in [4.69, 9.17) is 21.4 Å². The number of aliphatic hydroxyl groups is 1. The van der Waals surface area contributed by atoms with Crippen LogP contribution in [0.3, 0.4) is 0 Å². The Kier molecular flexibility index (Phi) is 4.18. The molecule has 0 aromatic heterocycles. The summed E-state index contributed by atoms with van der Waals surface area (Å²) >= 11 is 8.94. The maximum atomic E-state index is 10.6. The van der Waals surface area contributed by atoms with E-state index < -0.39 is 11.6 Å². The molecule has 0 saturated heterocycles. The predicted octanol–water partition coefficient (Wildman–Crippen LogP) is 2.32. The molecular formula is C10H10BrClO4. The lowest BCUT2D eigenvalue weighted by molar-refractivity contribution is -0.159. The highest BCUT2D eigenvalue weighted by molar-refractivity contribution is 9.10. The maximum absolute atomic E-state index is 10.6. The SMILES string of the molecule is CC(O)(COc1ccc(Cl)cc1Br)C(=O)O. The molecule has 0 amide bonds. The molecule has 1 aromatic rings. The van der Waals surface area contributed by atoms with Gasteiger partial charge in [-0.1, -0.05) is 11.6 Å². The van der Waals surface area contributed by atoms with Crippen LogP contribution in [0.4, 0.5) is 0 Å². The minimum absolute atomic E-state index is 0.345. The highest BCUT2D eigenvalue weighted by Gasteiger charge is 2.31. The van der Waals surface area contributed by atoms with E-state index >= 15 is 0 Å². The molecule has 0 bridgehead atoms. The van der Waals surface area contributed by atoms with E-state index in [9.17, 15) is 9.90 Å². The first-order valence-corrected chi connectivity index (χ1v) is 5.53. The number of carbonyl (C=O) groups is 1. The van der Waals surface area contributed by atoms with Crippen molar-refractivity contribution in [2.45, 2.75) is 12.5 Å². The number of benzene rings is 1. The molecule has 1 aromatic carbocycles. The third-order valence-electron chi connectivity index (χ3n) is 1.86. The van der Waals surface area contributed by atoms with Crippen molar-refractivity contribution in [2.24, 2.45) is 0 Å². The van der Waals surface area contributed by atoms with Gasteiger partial charge in [-0.15, -0.1) is 0 Å². The molecule has 0 fully saturated rings. The summed E-state index contributed by atoms with van der Waals surface area (Å²) in [6, 6.07) is 4.81. The van der Waals surface area contributed by atoms with Crippen LogP contribution in [0.25, 0.3) is 0 Å². The van der Waals surface area contributed by atoms with E-state index in [-0.39, 0.29) is 6.61 Å². The fourth-order valence-electron chi connectivity index (χ4n) is 0.872. The number of carboxylic acids is 1. The number of halogens is 2. The predicted molar refractivity (Wildman–Crippen MR) is 62.9 cm³/mol. The molecule has 0 spiro atoms. The van der Waals surface area contributed by atoms with Gasteiger partial charge in [-0.05, 0) is 41.1 Å². The van der Waals surface area contributed by atoms with Crippen molar-refractivity contribution >= 4 is 33.5 Å². The van der Waals surface area contributed by atoms with Crippen LogP contribution in [0.1, 0.15) is 6.92 Å². The lowest BCUT2D eigenvalue weighted by atomic mass is 10.1. The van der Waals surface area contributed by atoms with Crippen molar-refractivity contribution < 1.29 is 19.7 Å². The number of aliphatic carboxylic acids is 1. The van der Waals surface area contributed by atoms with E-state index in [2.05, 4.69) is 15.9 Å². The summed E-state index contributed by atoms with van der Waals surface area (Å²) in [5.74, 6) is -0.913. The molecule has 2 N–H and O–H groups in total. The summed E-state index contributed by atoms with van der Waals surface area (Å²) in [4.78, 5) is 10.6. The van der Waals surface area contributed by atoms with Crippen molar-refractivity contribution in [3.63, 3.8) is 0 Å². The molecule has 6 heteroatoms. The zero-order valence-electron chi connectivity index (χ0n) is 8.41. The number of rotatable bonds is 4. The van der Waals surface area contributed by atoms with Gasteiger partial charge in [0.05, 0.1) is 4.47 Å². The fourth-order valence-corrected chi connectivity index (χ4v) is 1.67. The van der Waals surface area contributed by atoms with Gasteiger partial charge in [-0.25, -0.2) is 4.79 Å². The molecule has 1 atom stereocenters. The lowest BCUT2D eigenvalue weighted by Crippen LogP contribution is -2.41. The molecule has 0 aliphatic carbocycles. The zero-order valence-corrected chi connectivity index (χ0v) is 10.7. The van der Waals surface area contributed by atoms with Gasteiger partial charge in [0, 0.05) is 5.02 Å². The summed E-state index contributed by atoms with van der Waals surface area (Å²) in [5, 5.41) is 18.6. The van der Waals surface area contributed by atoms with Crippen molar-refractivity contribution in [2.75, 3.05) is 6.61 Å². The summed E-state index contributed by atoms with van der Waals surface area (Å²) in [7, 11) is 0. The van der Waals surface area contributed by atoms with E-state index in [1.54, 1.807) is 18.2 Å². The number of hydrogen-bond acceptors (Lipinski definition) is 3. The molecule has 4 nitrogen and oxygen atoms in total. The van der Waals surface area contributed by atoms with Crippen molar-refractivity contribution in [1.29, 1.82) is 0 Å². The van der Waals surface area contributed by atoms with Crippen LogP contribution in [-0.2, 0) is 4.79 Å². The van der Waals surface area contributed by atoms with Gasteiger partial charge in [0.15, 0.2) is 5.60 Å². The molecule has 0 radical (unpaired) electrons. The van der Waals surface area contributed by atoms with Gasteiger partial charge in [-0.3, -0.25) is 0 Å². The minimum atomic E-state index is -1.92. The Balaban J connectivity index is 2.72. The van der Waals surface area contributed by atoms with E-state index in [0.717, 1.165) is 0 Å². The molecule has 0 heterocycles. The first-order valence-electron chi connectivity index (χ1n) is 4.36. The number of ether oxygens (including phenoxy) is 1. The van der Waals surface area contributed by atoms with Crippen LogP contribution in [0.2, 0.25) is 5.02 Å². The number of hydrogen-bond donors (Lipinski definition) is 2. The Morgan fingerprint density at radius 3 is 2.75 bits per heavy atom. The van der Waals surface area contributed by atoms with Crippen molar-refractivity contribution in [1.82, 2.24) is 0 Å². The average Bonchev–Trinajstić information content (AvgIpc) is 2.16. The lowest BCUT2D eigenvalue weighted by Gasteiger charge is -2.18. The topological polar surface area (TPSA) is 66.8 Å². The summed E-state index contributed by atoms with van der Waals surface area (Å²) < 4.78 is 5.78. The number of carboxylic acid groups (broad SMARTS) is 1. The van der Waals surface area contributed by atoms with Crippen LogP contribution in [-0.4, -0.2) is 28.4 Å². The molecule has 0 aliphatic rings. The van der Waals surface area contributed by atoms with Gasteiger partial charge in [0.1, 0.15) is 12.4 Å². The molecule has 16 heavy (non-hydrogen) atoms. The highest BCUT2D eigenvalue weighted by Crippen LogP contribution is 2.28. The first kappa shape index (κ1) is 13.3. The monoisotopic (exact) mass is 308 g/mol. The Morgan fingerprint density at radius 1 is 1.62 bits per heavy atom.